The molecule has 88 valence electrons. The third kappa shape index (κ3) is 2.53. The summed E-state index contributed by atoms with van der Waals surface area (Å²) in [6.07, 6.45) is 6.68. The molecule has 1 aromatic rings. The van der Waals surface area contributed by atoms with Crippen LogP contribution in [0.25, 0.3) is 0 Å². The lowest BCUT2D eigenvalue weighted by Crippen LogP contribution is -2.31. The van der Waals surface area contributed by atoms with E-state index in [9.17, 15) is 0 Å². The van der Waals surface area contributed by atoms with Crippen molar-refractivity contribution in [1.29, 1.82) is 0 Å². The van der Waals surface area contributed by atoms with E-state index in [2.05, 4.69) is 30.7 Å². The Balaban J connectivity index is 2.09. The molecule has 1 aromatic heterocycles. The van der Waals surface area contributed by atoms with Gasteiger partial charge in [-0.3, -0.25) is 0 Å². The second kappa shape index (κ2) is 5.11. The van der Waals surface area contributed by atoms with Gasteiger partial charge in [-0.25, -0.2) is 4.98 Å². The van der Waals surface area contributed by atoms with E-state index in [1.165, 1.54) is 28.4 Å². The molecule has 0 saturated carbocycles. The predicted octanol–water partition coefficient (Wildman–Crippen LogP) is 3.38. The molecule has 2 atom stereocenters. The highest BCUT2D eigenvalue weighted by atomic mass is 32.1. The van der Waals surface area contributed by atoms with Gasteiger partial charge in [0.15, 0.2) is 0 Å². The summed E-state index contributed by atoms with van der Waals surface area (Å²) in [5.41, 5.74) is 1.33. The molecule has 0 fully saturated rings. The molecule has 0 aromatic carbocycles. The van der Waals surface area contributed by atoms with Crippen LogP contribution in [0, 0.1) is 6.92 Å². The minimum Gasteiger partial charge on any atom is -0.306 e. The van der Waals surface area contributed by atoms with Crippen molar-refractivity contribution in [2.45, 2.75) is 51.6 Å². The highest BCUT2D eigenvalue weighted by Gasteiger charge is 2.24. The van der Waals surface area contributed by atoms with Crippen molar-refractivity contribution in [3.63, 3.8) is 0 Å². The third-order valence-corrected chi connectivity index (χ3v) is 4.19. The number of aromatic nitrogens is 1. The van der Waals surface area contributed by atoms with Gasteiger partial charge in [-0.2, -0.15) is 0 Å². The largest absolute Gasteiger partial charge is 0.306 e. The summed E-state index contributed by atoms with van der Waals surface area (Å²) in [6.45, 7) is 8.12. The van der Waals surface area contributed by atoms with Gasteiger partial charge in [-0.1, -0.05) is 6.08 Å². The fourth-order valence-electron chi connectivity index (χ4n) is 2.36. The Labute approximate surface area is 102 Å². The zero-order chi connectivity index (χ0) is 11.5. The smallest absolute Gasteiger partial charge is 0.0900 e. The van der Waals surface area contributed by atoms with Gasteiger partial charge < -0.3 is 5.32 Å². The molecule has 0 spiro atoms. The SMILES string of the molecule is C=CCC(C)NC1CCCc2nc(C)sc21. The van der Waals surface area contributed by atoms with Gasteiger partial charge in [0, 0.05) is 17.0 Å². The van der Waals surface area contributed by atoms with Crippen LogP contribution in [0.15, 0.2) is 12.7 Å². The Kier molecular flexibility index (Phi) is 3.77. The molecular formula is C13H20N2S. The second-order valence-corrected chi connectivity index (χ2v) is 5.82. The van der Waals surface area contributed by atoms with Crippen molar-refractivity contribution in [3.05, 3.63) is 28.2 Å². The van der Waals surface area contributed by atoms with Crippen LogP contribution in [0.5, 0.6) is 0 Å². The Bertz CT molecular complexity index is 370. The topological polar surface area (TPSA) is 24.9 Å². The predicted molar refractivity (Wildman–Crippen MR) is 69.9 cm³/mol. The number of rotatable bonds is 4. The van der Waals surface area contributed by atoms with E-state index >= 15 is 0 Å². The first kappa shape index (κ1) is 11.8. The van der Waals surface area contributed by atoms with E-state index in [0.29, 0.717) is 12.1 Å². The first-order valence-corrected chi connectivity index (χ1v) is 6.85. The molecule has 2 unspecified atom stereocenters. The average Bonchev–Trinajstić information content (AvgIpc) is 2.60. The van der Waals surface area contributed by atoms with Crippen LogP contribution in [-0.2, 0) is 6.42 Å². The molecule has 2 nitrogen and oxygen atoms in total. The van der Waals surface area contributed by atoms with Crippen LogP contribution in [0.4, 0.5) is 0 Å². The van der Waals surface area contributed by atoms with Gasteiger partial charge in [0.05, 0.1) is 10.7 Å². The maximum atomic E-state index is 4.61. The third-order valence-electron chi connectivity index (χ3n) is 3.06. The average molecular weight is 236 g/mol. The van der Waals surface area contributed by atoms with E-state index in [0.717, 1.165) is 12.8 Å². The number of thiazole rings is 1. The first-order valence-electron chi connectivity index (χ1n) is 6.04. The molecule has 0 radical (unpaired) electrons. The molecule has 2 rings (SSSR count). The van der Waals surface area contributed by atoms with Gasteiger partial charge in [0.25, 0.3) is 0 Å². The number of aryl methyl sites for hydroxylation is 2. The zero-order valence-corrected chi connectivity index (χ0v) is 10.9. The van der Waals surface area contributed by atoms with Crippen molar-refractivity contribution >= 4 is 11.3 Å². The molecule has 1 aliphatic rings. The highest BCUT2D eigenvalue weighted by molar-refractivity contribution is 7.11. The lowest BCUT2D eigenvalue weighted by Gasteiger charge is -2.25. The Morgan fingerprint density at radius 2 is 2.50 bits per heavy atom. The number of nitrogens with zero attached hydrogens (tertiary/aromatic N) is 1. The van der Waals surface area contributed by atoms with Crippen LogP contribution >= 0.6 is 11.3 Å². The van der Waals surface area contributed by atoms with E-state index in [4.69, 9.17) is 0 Å². The van der Waals surface area contributed by atoms with Crippen molar-refractivity contribution in [2.24, 2.45) is 0 Å². The van der Waals surface area contributed by atoms with Gasteiger partial charge >= 0.3 is 0 Å². The van der Waals surface area contributed by atoms with Crippen LogP contribution in [-0.4, -0.2) is 11.0 Å². The monoisotopic (exact) mass is 236 g/mol. The lowest BCUT2D eigenvalue weighted by atomic mass is 9.97. The fourth-order valence-corrected chi connectivity index (χ4v) is 3.43. The Morgan fingerprint density at radius 1 is 1.69 bits per heavy atom. The maximum Gasteiger partial charge on any atom is 0.0900 e. The quantitative estimate of drug-likeness (QED) is 0.811. The van der Waals surface area contributed by atoms with Crippen molar-refractivity contribution < 1.29 is 0 Å². The molecule has 0 amide bonds. The fraction of sp³-hybridized carbons (Fsp3) is 0.615. The zero-order valence-electron chi connectivity index (χ0n) is 10.1. The normalized spacial score (nSPS) is 21.5. The van der Waals surface area contributed by atoms with Crippen LogP contribution in [0.3, 0.4) is 0 Å². The van der Waals surface area contributed by atoms with Crippen LogP contribution in [0.1, 0.15) is 47.8 Å². The molecule has 0 bridgehead atoms. The summed E-state index contributed by atoms with van der Waals surface area (Å²) < 4.78 is 0. The molecule has 1 N–H and O–H groups in total. The van der Waals surface area contributed by atoms with Gasteiger partial charge in [0.2, 0.25) is 0 Å². The molecule has 1 heterocycles. The minimum absolute atomic E-state index is 0.510. The number of fused-ring (bicyclic) bond motifs is 1. The Hall–Kier alpha value is -0.670. The molecule has 0 saturated heterocycles. The summed E-state index contributed by atoms with van der Waals surface area (Å²) in [7, 11) is 0. The number of hydrogen-bond donors (Lipinski definition) is 1. The summed E-state index contributed by atoms with van der Waals surface area (Å²) in [6, 6.07) is 1.03. The summed E-state index contributed by atoms with van der Waals surface area (Å²) in [5.74, 6) is 0. The van der Waals surface area contributed by atoms with E-state index in [1.807, 2.05) is 17.4 Å². The number of hydrogen-bond acceptors (Lipinski definition) is 3. The van der Waals surface area contributed by atoms with Gasteiger partial charge in [0.1, 0.15) is 0 Å². The highest BCUT2D eigenvalue weighted by Crippen LogP contribution is 2.34. The summed E-state index contributed by atoms with van der Waals surface area (Å²) in [4.78, 5) is 6.08. The van der Waals surface area contributed by atoms with Gasteiger partial charge in [-0.15, -0.1) is 17.9 Å². The van der Waals surface area contributed by atoms with E-state index in [-0.39, 0.29) is 0 Å². The molecule has 3 heteroatoms. The summed E-state index contributed by atoms with van der Waals surface area (Å²) >= 11 is 1.86. The van der Waals surface area contributed by atoms with E-state index in [1.54, 1.807) is 0 Å². The molecular weight excluding hydrogens is 216 g/mol. The summed E-state index contributed by atoms with van der Waals surface area (Å²) in [5, 5.41) is 4.89. The van der Waals surface area contributed by atoms with Gasteiger partial charge in [-0.05, 0) is 39.5 Å². The first-order chi connectivity index (χ1) is 7.70. The van der Waals surface area contributed by atoms with Crippen LogP contribution < -0.4 is 5.32 Å². The minimum atomic E-state index is 0.510. The van der Waals surface area contributed by atoms with Crippen molar-refractivity contribution in [1.82, 2.24) is 10.3 Å². The van der Waals surface area contributed by atoms with Crippen LogP contribution in [0.2, 0.25) is 0 Å². The number of nitrogens with one attached hydrogen (secondary N) is 1. The van der Waals surface area contributed by atoms with Crippen molar-refractivity contribution in [2.75, 3.05) is 0 Å². The second-order valence-electron chi connectivity index (χ2n) is 4.58. The standard InChI is InChI=1S/C13H20N2S/c1-4-6-9(2)14-11-7-5-8-12-13(11)16-10(3)15-12/h4,9,11,14H,1,5-8H2,2-3H3. The maximum absolute atomic E-state index is 4.61. The molecule has 0 aliphatic heterocycles. The molecule has 16 heavy (non-hydrogen) atoms. The lowest BCUT2D eigenvalue weighted by molar-refractivity contribution is 0.414. The molecule has 1 aliphatic carbocycles. The van der Waals surface area contributed by atoms with E-state index < -0.39 is 0 Å². The Morgan fingerprint density at radius 3 is 3.25 bits per heavy atom. The van der Waals surface area contributed by atoms with Crippen molar-refractivity contribution in [3.8, 4) is 0 Å².